The minimum Gasteiger partial charge on any atom is -0.0874 e. The van der Waals surface area contributed by atoms with Gasteiger partial charge in [0.2, 0.25) is 0 Å². The molecule has 2 radical (unpaired) electrons. The van der Waals surface area contributed by atoms with Crippen molar-refractivity contribution in [3.63, 3.8) is 0 Å². The standard InChI is InChI=1S/C8H12/c1-7-4-3-5-8(2)6-7/h3-4H,5-6H2,1-2H3. The highest BCUT2D eigenvalue weighted by Crippen LogP contribution is 2.24. The summed E-state index contributed by atoms with van der Waals surface area (Å²) >= 11 is 0. The maximum Gasteiger partial charge on any atom is -0.00526 e. The first kappa shape index (κ1) is 5.87. The molecule has 0 aromatic heterocycles. The summed E-state index contributed by atoms with van der Waals surface area (Å²) < 4.78 is 0. The van der Waals surface area contributed by atoms with Crippen molar-refractivity contribution in [2.24, 2.45) is 0 Å². The van der Waals surface area contributed by atoms with Crippen LogP contribution in [0.15, 0.2) is 12.2 Å². The first-order chi connectivity index (χ1) is 3.79. The van der Waals surface area contributed by atoms with Gasteiger partial charge in [0.05, 0.1) is 0 Å². The third kappa shape index (κ3) is 1.36. The summed E-state index contributed by atoms with van der Waals surface area (Å²) in [5.41, 5.74) is 0. The van der Waals surface area contributed by atoms with E-state index in [4.69, 9.17) is 0 Å². The van der Waals surface area contributed by atoms with Crippen molar-refractivity contribution in [2.75, 3.05) is 0 Å². The molecule has 0 nitrogen and oxygen atoms in total. The van der Waals surface area contributed by atoms with Crippen molar-refractivity contribution in [3.05, 3.63) is 24.0 Å². The Labute approximate surface area is 51.6 Å². The van der Waals surface area contributed by atoms with E-state index in [2.05, 4.69) is 26.0 Å². The fourth-order valence-corrected chi connectivity index (χ4v) is 1.07. The van der Waals surface area contributed by atoms with Crippen molar-refractivity contribution < 1.29 is 0 Å². The number of allylic oxidation sites excluding steroid dienone is 2. The molecule has 0 aromatic carbocycles. The summed E-state index contributed by atoms with van der Waals surface area (Å²) in [6, 6.07) is 0. The van der Waals surface area contributed by atoms with E-state index in [9.17, 15) is 0 Å². The summed E-state index contributed by atoms with van der Waals surface area (Å²) in [6.07, 6.45) is 6.86. The highest BCUT2D eigenvalue weighted by molar-refractivity contribution is 5.19. The molecule has 0 spiro atoms. The molecule has 44 valence electrons. The Morgan fingerprint density at radius 3 is 2.50 bits per heavy atom. The molecule has 0 amide bonds. The van der Waals surface area contributed by atoms with E-state index in [-0.39, 0.29) is 0 Å². The van der Waals surface area contributed by atoms with Crippen molar-refractivity contribution in [1.82, 2.24) is 0 Å². The van der Waals surface area contributed by atoms with Gasteiger partial charge in [-0.3, -0.25) is 0 Å². The molecule has 0 fully saturated rings. The van der Waals surface area contributed by atoms with Crippen LogP contribution in [0.1, 0.15) is 26.7 Å². The molecule has 1 aliphatic rings. The molecule has 0 heterocycles. The number of hydrogen-bond donors (Lipinski definition) is 0. The van der Waals surface area contributed by atoms with Crippen molar-refractivity contribution >= 4 is 0 Å². The molecule has 1 aliphatic carbocycles. The second kappa shape index (κ2) is 2.34. The van der Waals surface area contributed by atoms with Crippen LogP contribution in [-0.4, -0.2) is 0 Å². The highest BCUT2D eigenvalue weighted by atomic mass is 14.1. The average molecular weight is 108 g/mol. The Hall–Kier alpha value is -0.260. The van der Waals surface area contributed by atoms with E-state index >= 15 is 0 Å². The lowest BCUT2D eigenvalue weighted by Crippen LogP contribution is -2.00. The van der Waals surface area contributed by atoms with Crippen LogP contribution in [0, 0.1) is 11.8 Å². The van der Waals surface area contributed by atoms with Gasteiger partial charge in [-0.05, 0) is 24.7 Å². The molecule has 0 aliphatic heterocycles. The predicted octanol–water partition coefficient (Wildman–Crippen LogP) is 2.53. The molecule has 0 aromatic rings. The molecule has 0 atom stereocenters. The quantitative estimate of drug-likeness (QED) is 0.447. The van der Waals surface area contributed by atoms with E-state index in [1.807, 2.05) is 0 Å². The zero-order valence-electron chi connectivity index (χ0n) is 5.57. The molecule has 0 saturated heterocycles. The molecule has 0 unspecified atom stereocenters. The fraction of sp³-hybridized carbons (Fsp3) is 0.500. The van der Waals surface area contributed by atoms with Gasteiger partial charge in [0, 0.05) is 0 Å². The second-order valence-electron chi connectivity index (χ2n) is 2.59. The molecule has 0 saturated carbocycles. The number of hydrogen-bond acceptors (Lipinski definition) is 0. The van der Waals surface area contributed by atoms with E-state index in [0.717, 1.165) is 0 Å². The molecule has 0 N–H and O–H groups in total. The van der Waals surface area contributed by atoms with Gasteiger partial charge in [-0.15, -0.1) is 0 Å². The lowest BCUT2D eigenvalue weighted by Gasteiger charge is -2.15. The van der Waals surface area contributed by atoms with Gasteiger partial charge in [-0.1, -0.05) is 26.0 Å². The maximum absolute atomic E-state index is 2.23. The minimum atomic E-state index is 1.19. The second-order valence-corrected chi connectivity index (χ2v) is 2.59. The Kier molecular flexibility index (Phi) is 1.72. The topological polar surface area (TPSA) is 0 Å². The predicted molar refractivity (Wildman–Crippen MR) is 36.2 cm³/mol. The zero-order valence-corrected chi connectivity index (χ0v) is 5.57. The Morgan fingerprint density at radius 1 is 1.38 bits per heavy atom. The van der Waals surface area contributed by atoms with Crippen LogP contribution in [0.5, 0.6) is 0 Å². The SMILES string of the molecule is C[C]1C=CC[C](C)C1. The third-order valence-corrected chi connectivity index (χ3v) is 1.45. The van der Waals surface area contributed by atoms with Crippen molar-refractivity contribution in [3.8, 4) is 0 Å². The Bertz CT molecular complexity index is 92.2. The normalized spacial score (nSPS) is 24.2. The Balaban J connectivity index is 2.42. The summed E-state index contributed by atoms with van der Waals surface area (Å²) in [4.78, 5) is 0. The molecule has 0 bridgehead atoms. The van der Waals surface area contributed by atoms with Crippen LogP contribution < -0.4 is 0 Å². The first-order valence-corrected chi connectivity index (χ1v) is 3.09. The van der Waals surface area contributed by atoms with Gasteiger partial charge in [-0.25, -0.2) is 0 Å². The van der Waals surface area contributed by atoms with Gasteiger partial charge in [0.15, 0.2) is 0 Å². The van der Waals surface area contributed by atoms with Crippen LogP contribution in [-0.2, 0) is 0 Å². The minimum absolute atomic E-state index is 1.19. The molecular weight excluding hydrogens is 96.1 g/mol. The van der Waals surface area contributed by atoms with E-state index in [1.165, 1.54) is 18.8 Å². The number of rotatable bonds is 0. The van der Waals surface area contributed by atoms with Gasteiger partial charge in [0.1, 0.15) is 0 Å². The van der Waals surface area contributed by atoms with Gasteiger partial charge in [-0.2, -0.15) is 0 Å². The average Bonchev–Trinajstić information content (AvgIpc) is 1.64. The zero-order chi connectivity index (χ0) is 5.98. The molecule has 1 rings (SSSR count). The van der Waals surface area contributed by atoms with Crippen LogP contribution in [0.25, 0.3) is 0 Å². The fourth-order valence-electron chi connectivity index (χ4n) is 1.07. The molecule has 8 heavy (non-hydrogen) atoms. The third-order valence-electron chi connectivity index (χ3n) is 1.45. The van der Waals surface area contributed by atoms with Crippen molar-refractivity contribution in [2.45, 2.75) is 26.7 Å². The lowest BCUT2D eigenvalue weighted by atomic mass is 9.89. The van der Waals surface area contributed by atoms with E-state index in [0.29, 0.717) is 0 Å². The van der Waals surface area contributed by atoms with Crippen LogP contribution in [0.2, 0.25) is 0 Å². The monoisotopic (exact) mass is 108 g/mol. The lowest BCUT2D eigenvalue weighted by molar-refractivity contribution is 0.799. The van der Waals surface area contributed by atoms with Crippen molar-refractivity contribution in [1.29, 1.82) is 0 Å². The first-order valence-electron chi connectivity index (χ1n) is 3.09. The smallest absolute Gasteiger partial charge is 0.00526 e. The summed E-state index contributed by atoms with van der Waals surface area (Å²) in [5, 5.41) is 0. The van der Waals surface area contributed by atoms with Crippen LogP contribution >= 0.6 is 0 Å². The summed E-state index contributed by atoms with van der Waals surface area (Å²) in [5.74, 6) is 3.08. The summed E-state index contributed by atoms with van der Waals surface area (Å²) in [6.45, 7) is 4.39. The van der Waals surface area contributed by atoms with Gasteiger partial charge >= 0.3 is 0 Å². The molecular formula is C8H12. The van der Waals surface area contributed by atoms with Gasteiger partial charge < -0.3 is 0 Å². The van der Waals surface area contributed by atoms with E-state index in [1.54, 1.807) is 5.92 Å². The summed E-state index contributed by atoms with van der Waals surface area (Å²) in [7, 11) is 0. The van der Waals surface area contributed by atoms with Gasteiger partial charge in [0.25, 0.3) is 0 Å². The Morgan fingerprint density at radius 2 is 2.12 bits per heavy atom. The molecule has 0 heteroatoms. The largest absolute Gasteiger partial charge is 0.0874 e. The van der Waals surface area contributed by atoms with Crippen LogP contribution in [0.3, 0.4) is 0 Å². The van der Waals surface area contributed by atoms with E-state index < -0.39 is 0 Å². The maximum atomic E-state index is 2.23. The highest BCUT2D eigenvalue weighted by Gasteiger charge is 2.09. The van der Waals surface area contributed by atoms with Crippen LogP contribution in [0.4, 0.5) is 0 Å².